The second-order valence-corrected chi connectivity index (χ2v) is 4.57. The molecule has 0 heterocycles. The van der Waals surface area contributed by atoms with Gasteiger partial charge in [-0.1, -0.05) is 26.7 Å². The number of hydrogen-bond donors (Lipinski definition) is 1. The highest BCUT2D eigenvalue weighted by Crippen LogP contribution is 2.05. The molecule has 0 bridgehead atoms. The molecule has 0 aliphatic rings. The summed E-state index contributed by atoms with van der Waals surface area (Å²) in [6, 6.07) is 0.457. The zero-order chi connectivity index (χ0) is 11.0. The minimum atomic E-state index is 0.306. The van der Waals surface area contributed by atoms with Gasteiger partial charge < -0.3 is 10.1 Å². The van der Waals surface area contributed by atoms with Crippen LogP contribution in [0.3, 0.4) is 0 Å². The van der Waals surface area contributed by atoms with Gasteiger partial charge in [-0.2, -0.15) is 0 Å². The van der Waals surface area contributed by atoms with E-state index in [9.17, 15) is 0 Å². The van der Waals surface area contributed by atoms with Gasteiger partial charge in [0.2, 0.25) is 0 Å². The van der Waals surface area contributed by atoms with Gasteiger partial charge in [-0.25, -0.2) is 0 Å². The predicted molar refractivity (Wildman–Crippen MR) is 62.6 cm³/mol. The molecular formula is C12H27NO. The van der Waals surface area contributed by atoms with Crippen molar-refractivity contribution in [3.8, 4) is 0 Å². The molecular weight excluding hydrogens is 174 g/mol. The molecule has 1 N–H and O–H groups in total. The van der Waals surface area contributed by atoms with Gasteiger partial charge in [0.1, 0.15) is 0 Å². The van der Waals surface area contributed by atoms with E-state index in [-0.39, 0.29) is 0 Å². The largest absolute Gasteiger partial charge is 0.380 e. The summed E-state index contributed by atoms with van der Waals surface area (Å²) in [6.45, 7) is 9.95. The van der Waals surface area contributed by atoms with E-state index in [1.54, 1.807) is 7.11 Å². The zero-order valence-electron chi connectivity index (χ0n) is 10.5. The summed E-state index contributed by atoms with van der Waals surface area (Å²) in [7, 11) is 1.77. The number of methoxy groups -OCH3 is 1. The molecule has 2 heteroatoms. The van der Waals surface area contributed by atoms with Gasteiger partial charge in [-0.15, -0.1) is 0 Å². The molecule has 2 unspecified atom stereocenters. The molecule has 0 radical (unpaired) electrons. The third-order valence-electron chi connectivity index (χ3n) is 2.75. The molecule has 0 aromatic carbocycles. The molecule has 0 saturated heterocycles. The standard InChI is InChI=1S/C12H27NO/c1-10(2)8-6-7-9-13-11(3)12(4)14-5/h10-13H,6-9H2,1-5H3. The Morgan fingerprint density at radius 2 is 1.71 bits per heavy atom. The summed E-state index contributed by atoms with van der Waals surface area (Å²) in [6.07, 6.45) is 4.26. The molecule has 0 aromatic rings. The molecule has 0 rings (SSSR count). The molecule has 2 atom stereocenters. The monoisotopic (exact) mass is 201 g/mol. The quantitative estimate of drug-likeness (QED) is 0.610. The predicted octanol–water partition coefficient (Wildman–Crippen LogP) is 2.83. The van der Waals surface area contributed by atoms with Crippen LogP contribution in [0.15, 0.2) is 0 Å². The van der Waals surface area contributed by atoms with E-state index in [2.05, 4.69) is 33.0 Å². The van der Waals surface area contributed by atoms with Crippen molar-refractivity contribution in [2.75, 3.05) is 13.7 Å². The molecule has 0 aliphatic carbocycles. The van der Waals surface area contributed by atoms with Crippen molar-refractivity contribution in [1.82, 2.24) is 5.32 Å². The van der Waals surface area contributed by atoms with Crippen molar-refractivity contribution >= 4 is 0 Å². The molecule has 0 saturated carbocycles. The van der Waals surface area contributed by atoms with Crippen LogP contribution in [0.4, 0.5) is 0 Å². The Hall–Kier alpha value is -0.0800. The Balaban J connectivity index is 3.27. The second kappa shape index (κ2) is 8.25. The molecule has 2 nitrogen and oxygen atoms in total. The Kier molecular flexibility index (Phi) is 8.20. The fraction of sp³-hybridized carbons (Fsp3) is 1.00. The van der Waals surface area contributed by atoms with Crippen LogP contribution in [0.1, 0.15) is 47.0 Å². The Labute approximate surface area is 89.4 Å². The number of ether oxygens (including phenoxy) is 1. The Bertz CT molecular complexity index is 125. The van der Waals surface area contributed by atoms with Crippen molar-refractivity contribution in [3.63, 3.8) is 0 Å². The lowest BCUT2D eigenvalue weighted by atomic mass is 10.1. The third kappa shape index (κ3) is 7.34. The first-order valence-corrected chi connectivity index (χ1v) is 5.84. The maximum atomic E-state index is 5.24. The van der Waals surface area contributed by atoms with Crippen molar-refractivity contribution in [2.45, 2.75) is 59.1 Å². The van der Waals surface area contributed by atoms with Crippen molar-refractivity contribution < 1.29 is 4.74 Å². The molecule has 0 amide bonds. The van der Waals surface area contributed by atoms with Gasteiger partial charge in [-0.3, -0.25) is 0 Å². The fourth-order valence-corrected chi connectivity index (χ4v) is 1.38. The van der Waals surface area contributed by atoms with Crippen LogP contribution in [-0.2, 0) is 4.74 Å². The summed E-state index contributed by atoms with van der Waals surface area (Å²) >= 11 is 0. The molecule has 0 aromatic heterocycles. The summed E-state index contributed by atoms with van der Waals surface area (Å²) in [5.41, 5.74) is 0. The van der Waals surface area contributed by atoms with Gasteiger partial charge in [0.15, 0.2) is 0 Å². The first-order valence-electron chi connectivity index (χ1n) is 5.84. The number of rotatable bonds is 8. The van der Waals surface area contributed by atoms with Crippen LogP contribution in [-0.4, -0.2) is 25.8 Å². The van der Waals surface area contributed by atoms with Gasteiger partial charge in [0, 0.05) is 13.2 Å². The molecule has 14 heavy (non-hydrogen) atoms. The van der Waals surface area contributed by atoms with Crippen LogP contribution in [0.5, 0.6) is 0 Å². The summed E-state index contributed by atoms with van der Waals surface area (Å²) < 4.78 is 5.24. The SMILES string of the molecule is COC(C)C(C)NCCCCC(C)C. The average molecular weight is 201 g/mol. The average Bonchev–Trinajstić information content (AvgIpc) is 2.15. The third-order valence-corrected chi connectivity index (χ3v) is 2.75. The Morgan fingerprint density at radius 3 is 2.21 bits per heavy atom. The van der Waals surface area contributed by atoms with Gasteiger partial charge >= 0.3 is 0 Å². The summed E-state index contributed by atoms with van der Waals surface area (Å²) in [4.78, 5) is 0. The maximum Gasteiger partial charge on any atom is 0.0693 e. The highest BCUT2D eigenvalue weighted by molar-refractivity contribution is 4.67. The van der Waals surface area contributed by atoms with Crippen LogP contribution < -0.4 is 5.32 Å². The summed E-state index contributed by atoms with van der Waals surface area (Å²) in [5, 5.41) is 3.48. The maximum absolute atomic E-state index is 5.24. The van der Waals surface area contributed by atoms with E-state index in [1.807, 2.05) is 0 Å². The number of unbranched alkanes of at least 4 members (excludes halogenated alkanes) is 1. The highest BCUT2D eigenvalue weighted by atomic mass is 16.5. The number of nitrogens with one attached hydrogen (secondary N) is 1. The molecule has 86 valence electrons. The van der Waals surface area contributed by atoms with Crippen molar-refractivity contribution in [2.24, 2.45) is 5.92 Å². The van der Waals surface area contributed by atoms with Crippen LogP contribution in [0.2, 0.25) is 0 Å². The highest BCUT2D eigenvalue weighted by Gasteiger charge is 2.08. The minimum absolute atomic E-state index is 0.306. The van der Waals surface area contributed by atoms with Crippen LogP contribution in [0.25, 0.3) is 0 Å². The minimum Gasteiger partial charge on any atom is -0.380 e. The van der Waals surface area contributed by atoms with Gasteiger partial charge in [-0.05, 0) is 32.7 Å². The lowest BCUT2D eigenvalue weighted by Crippen LogP contribution is -2.37. The van der Waals surface area contributed by atoms with E-state index < -0.39 is 0 Å². The van der Waals surface area contributed by atoms with E-state index >= 15 is 0 Å². The first-order chi connectivity index (χ1) is 6.57. The normalized spacial score (nSPS) is 15.9. The topological polar surface area (TPSA) is 21.3 Å². The molecule has 0 spiro atoms. The van der Waals surface area contributed by atoms with Gasteiger partial charge in [0.05, 0.1) is 6.10 Å². The number of hydrogen-bond acceptors (Lipinski definition) is 2. The second-order valence-electron chi connectivity index (χ2n) is 4.57. The zero-order valence-corrected chi connectivity index (χ0v) is 10.5. The smallest absolute Gasteiger partial charge is 0.0693 e. The lowest BCUT2D eigenvalue weighted by molar-refractivity contribution is 0.0887. The van der Waals surface area contributed by atoms with Crippen molar-refractivity contribution in [1.29, 1.82) is 0 Å². The Morgan fingerprint density at radius 1 is 1.07 bits per heavy atom. The summed E-state index contributed by atoms with van der Waals surface area (Å²) in [5.74, 6) is 0.838. The van der Waals surface area contributed by atoms with Crippen LogP contribution >= 0.6 is 0 Å². The molecule has 0 fully saturated rings. The van der Waals surface area contributed by atoms with E-state index in [1.165, 1.54) is 19.3 Å². The van der Waals surface area contributed by atoms with Crippen LogP contribution in [0, 0.1) is 5.92 Å². The van der Waals surface area contributed by atoms with E-state index in [0.29, 0.717) is 12.1 Å². The fourth-order valence-electron chi connectivity index (χ4n) is 1.38. The van der Waals surface area contributed by atoms with Crippen molar-refractivity contribution in [3.05, 3.63) is 0 Å². The van der Waals surface area contributed by atoms with E-state index in [4.69, 9.17) is 4.74 Å². The van der Waals surface area contributed by atoms with E-state index in [0.717, 1.165) is 12.5 Å². The lowest BCUT2D eigenvalue weighted by Gasteiger charge is -2.19. The molecule has 0 aliphatic heterocycles. The first kappa shape index (κ1) is 13.9. The van der Waals surface area contributed by atoms with Gasteiger partial charge in [0.25, 0.3) is 0 Å².